The maximum atomic E-state index is 10.7. The Morgan fingerprint density at radius 1 is 1.14 bits per heavy atom. The molecule has 3 rings (SSSR count). The summed E-state index contributed by atoms with van der Waals surface area (Å²) in [6, 6.07) is 17.0. The van der Waals surface area contributed by atoms with Crippen LogP contribution in [0.4, 0.5) is 5.69 Å². The van der Waals surface area contributed by atoms with E-state index in [1.807, 2.05) is 18.2 Å². The van der Waals surface area contributed by atoms with Crippen LogP contribution in [0.3, 0.4) is 0 Å². The highest BCUT2D eigenvalue weighted by Gasteiger charge is 2.22. The first-order valence-corrected chi connectivity index (χ1v) is 7.34. The molecule has 0 amide bonds. The normalized spacial score (nSPS) is 19.0. The predicted octanol–water partition coefficient (Wildman–Crippen LogP) is 3.17. The number of rotatable bonds is 4. The molecule has 1 atom stereocenters. The second-order valence-electron chi connectivity index (χ2n) is 5.43. The van der Waals surface area contributed by atoms with Crippen molar-refractivity contribution in [3.63, 3.8) is 0 Å². The monoisotopic (exact) mass is 298 g/mol. The Balaban J connectivity index is 1.66. The van der Waals surface area contributed by atoms with Gasteiger partial charge in [-0.25, -0.2) is 0 Å². The van der Waals surface area contributed by atoms with Gasteiger partial charge in [0.1, 0.15) is 0 Å². The maximum absolute atomic E-state index is 10.7. The summed E-state index contributed by atoms with van der Waals surface area (Å²) in [5.41, 5.74) is 2.39. The van der Waals surface area contributed by atoms with Crippen molar-refractivity contribution in [2.24, 2.45) is 0 Å². The zero-order valence-electron chi connectivity index (χ0n) is 12.2. The standard InChI is InChI=1S/C17H18N2O3/c20-19(21)16-8-6-15(7-9-16)17-13-18(10-11-22-17)12-14-4-2-1-3-5-14/h1-9,17H,10-13H2/t17-/m0/s1. The molecule has 0 N–H and O–H groups in total. The number of hydrogen-bond acceptors (Lipinski definition) is 4. The fourth-order valence-corrected chi connectivity index (χ4v) is 2.70. The number of morpholine rings is 1. The van der Waals surface area contributed by atoms with E-state index in [-0.39, 0.29) is 16.7 Å². The Hall–Kier alpha value is -2.24. The molecule has 0 aromatic heterocycles. The molecular formula is C17H18N2O3. The lowest BCUT2D eigenvalue weighted by Gasteiger charge is -2.33. The van der Waals surface area contributed by atoms with Crippen molar-refractivity contribution in [3.05, 3.63) is 75.8 Å². The Kier molecular flexibility index (Phi) is 4.46. The molecule has 0 bridgehead atoms. The van der Waals surface area contributed by atoms with Crippen LogP contribution in [0.5, 0.6) is 0 Å². The molecule has 0 spiro atoms. The number of nitrogens with zero attached hydrogens (tertiary/aromatic N) is 2. The topological polar surface area (TPSA) is 55.6 Å². The van der Waals surface area contributed by atoms with Gasteiger partial charge in [0, 0.05) is 31.8 Å². The highest BCUT2D eigenvalue weighted by molar-refractivity contribution is 5.34. The van der Waals surface area contributed by atoms with Crippen LogP contribution in [0.2, 0.25) is 0 Å². The summed E-state index contributed by atoms with van der Waals surface area (Å²) in [7, 11) is 0. The van der Waals surface area contributed by atoms with Crippen molar-refractivity contribution in [3.8, 4) is 0 Å². The number of nitro benzene ring substituents is 1. The van der Waals surface area contributed by atoms with Gasteiger partial charge in [-0.2, -0.15) is 0 Å². The van der Waals surface area contributed by atoms with Gasteiger partial charge in [-0.15, -0.1) is 0 Å². The molecule has 1 fully saturated rings. The molecular weight excluding hydrogens is 280 g/mol. The van der Waals surface area contributed by atoms with Crippen molar-refractivity contribution >= 4 is 5.69 Å². The Morgan fingerprint density at radius 3 is 2.55 bits per heavy atom. The van der Waals surface area contributed by atoms with Crippen molar-refractivity contribution in [2.45, 2.75) is 12.6 Å². The van der Waals surface area contributed by atoms with Crippen molar-refractivity contribution < 1.29 is 9.66 Å². The van der Waals surface area contributed by atoms with Gasteiger partial charge < -0.3 is 4.74 Å². The third-order valence-electron chi connectivity index (χ3n) is 3.88. The van der Waals surface area contributed by atoms with Gasteiger partial charge in [0.2, 0.25) is 0 Å². The molecule has 0 unspecified atom stereocenters. The Bertz CT molecular complexity index is 628. The molecule has 2 aromatic carbocycles. The number of benzene rings is 2. The van der Waals surface area contributed by atoms with E-state index in [9.17, 15) is 10.1 Å². The molecule has 114 valence electrons. The number of hydrogen-bond donors (Lipinski definition) is 0. The van der Waals surface area contributed by atoms with Crippen LogP contribution in [-0.4, -0.2) is 29.5 Å². The lowest BCUT2D eigenvalue weighted by molar-refractivity contribution is -0.384. The molecule has 5 nitrogen and oxygen atoms in total. The fraction of sp³-hybridized carbons (Fsp3) is 0.294. The molecule has 22 heavy (non-hydrogen) atoms. The first kappa shape index (κ1) is 14.7. The van der Waals surface area contributed by atoms with Gasteiger partial charge in [0.25, 0.3) is 5.69 Å². The number of ether oxygens (including phenoxy) is 1. The summed E-state index contributed by atoms with van der Waals surface area (Å²) in [6.07, 6.45) is -0.0294. The van der Waals surface area contributed by atoms with Gasteiger partial charge in [0.05, 0.1) is 17.6 Å². The Labute approximate surface area is 129 Å². The number of nitro groups is 1. The smallest absolute Gasteiger partial charge is 0.269 e. The summed E-state index contributed by atoms with van der Waals surface area (Å²) < 4.78 is 5.82. The van der Waals surface area contributed by atoms with Gasteiger partial charge in [-0.3, -0.25) is 15.0 Å². The third kappa shape index (κ3) is 3.50. The minimum Gasteiger partial charge on any atom is -0.371 e. The second kappa shape index (κ2) is 6.68. The molecule has 1 aliphatic heterocycles. The summed E-state index contributed by atoms with van der Waals surface area (Å²) in [4.78, 5) is 12.7. The Morgan fingerprint density at radius 2 is 1.86 bits per heavy atom. The molecule has 0 saturated carbocycles. The van der Waals surface area contributed by atoms with Crippen molar-refractivity contribution in [1.82, 2.24) is 4.90 Å². The first-order valence-electron chi connectivity index (χ1n) is 7.34. The van der Waals surface area contributed by atoms with Crippen LogP contribution < -0.4 is 0 Å². The van der Waals surface area contributed by atoms with E-state index in [2.05, 4.69) is 17.0 Å². The van der Waals surface area contributed by atoms with Crippen LogP contribution in [0.1, 0.15) is 17.2 Å². The molecule has 1 saturated heterocycles. The van der Waals surface area contributed by atoms with Crippen molar-refractivity contribution in [2.75, 3.05) is 19.7 Å². The highest BCUT2D eigenvalue weighted by Crippen LogP contribution is 2.25. The van der Waals surface area contributed by atoms with Crippen LogP contribution in [0.15, 0.2) is 54.6 Å². The minimum atomic E-state index is -0.382. The van der Waals surface area contributed by atoms with Crippen LogP contribution in [-0.2, 0) is 11.3 Å². The van der Waals surface area contributed by atoms with Crippen LogP contribution >= 0.6 is 0 Å². The first-order chi connectivity index (χ1) is 10.7. The zero-order valence-corrected chi connectivity index (χ0v) is 12.2. The molecule has 5 heteroatoms. The summed E-state index contributed by atoms with van der Waals surface area (Å²) in [6.45, 7) is 3.27. The van der Waals surface area contributed by atoms with Gasteiger partial charge in [-0.1, -0.05) is 30.3 Å². The van der Waals surface area contributed by atoms with Crippen LogP contribution in [0, 0.1) is 10.1 Å². The van der Waals surface area contributed by atoms with E-state index in [0.717, 1.165) is 25.2 Å². The second-order valence-corrected chi connectivity index (χ2v) is 5.43. The predicted molar refractivity (Wildman–Crippen MR) is 83.5 cm³/mol. The molecule has 1 heterocycles. The minimum absolute atomic E-state index is 0.0294. The van der Waals surface area contributed by atoms with Gasteiger partial charge >= 0.3 is 0 Å². The average molecular weight is 298 g/mol. The van der Waals surface area contributed by atoms with Gasteiger partial charge in [-0.05, 0) is 23.3 Å². The molecule has 2 aromatic rings. The molecule has 0 aliphatic carbocycles. The van der Waals surface area contributed by atoms with E-state index in [0.29, 0.717) is 6.61 Å². The fourth-order valence-electron chi connectivity index (χ4n) is 2.70. The third-order valence-corrected chi connectivity index (χ3v) is 3.88. The summed E-state index contributed by atoms with van der Waals surface area (Å²) >= 11 is 0. The highest BCUT2D eigenvalue weighted by atomic mass is 16.6. The lowest BCUT2D eigenvalue weighted by Crippen LogP contribution is -2.37. The zero-order chi connectivity index (χ0) is 15.4. The van der Waals surface area contributed by atoms with E-state index in [4.69, 9.17) is 4.74 Å². The molecule has 1 aliphatic rings. The van der Waals surface area contributed by atoms with E-state index in [1.165, 1.54) is 17.7 Å². The summed E-state index contributed by atoms with van der Waals surface area (Å²) in [5.74, 6) is 0. The largest absolute Gasteiger partial charge is 0.371 e. The van der Waals surface area contributed by atoms with Crippen molar-refractivity contribution in [1.29, 1.82) is 0 Å². The quantitative estimate of drug-likeness (QED) is 0.642. The summed E-state index contributed by atoms with van der Waals surface area (Å²) in [5, 5.41) is 10.7. The van der Waals surface area contributed by atoms with E-state index in [1.54, 1.807) is 12.1 Å². The maximum Gasteiger partial charge on any atom is 0.269 e. The van der Waals surface area contributed by atoms with E-state index >= 15 is 0 Å². The lowest BCUT2D eigenvalue weighted by atomic mass is 10.1. The van der Waals surface area contributed by atoms with Crippen LogP contribution in [0.25, 0.3) is 0 Å². The van der Waals surface area contributed by atoms with Gasteiger partial charge in [0.15, 0.2) is 0 Å². The average Bonchev–Trinajstić information content (AvgIpc) is 2.56. The van der Waals surface area contributed by atoms with E-state index < -0.39 is 0 Å². The number of non-ortho nitro benzene ring substituents is 1. The molecule has 0 radical (unpaired) electrons. The SMILES string of the molecule is O=[N+]([O-])c1ccc([C@@H]2CN(Cc3ccccc3)CCO2)cc1.